The van der Waals surface area contributed by atoms with Crippen molar-refractivity contribution in [1.29, 1.82) is 0 Å². The number of likely N-dealkylation sites (tertiary alicyclic amines) is 1. The Labute approximate surface area is 168 Å². The molecular weight excluding hydrogens is 346 g/mol. The number of hydrogen-bond donors (Lipinski definition) is 0. The number of aromatic nitrogens is 4. The van der Waals surface area contributed by atoms with E-state index in [1.807, 2.05) is 4.68 Å². The molecule has 2 aromatic rings. The van der Waals surface area contributed by atoms with Gasteiger partial charge in [-0.1, -0.05) is 38.1 Å². The maximum atomic E-state index is 4.57. The molecule has 1 aliphatic carbocycles. The number of benzene rings is 1. The van der Waals surface area contributed by atoms with Crippen molar-refractivity contribution in [3.05, 3.63) is 46.8 Å². The second-order valence-electron chi connectivity index (χ2n) is 8.89. The van der Waals surface area contributed by atoms with Crippen molar-refractivity contribution in [3.63, 3.8) is 0 Å². The highest BCUT2D eigenvalue weighted by Crippen LogP contribution is 2.39. The van der Waals surface area contributed by atoms with Gasteiger partial charge in [0.05, 0.1) is 11.7 Å². The lowest BCUT2D eigenvalue weighted by Crippen LogP contribution is -2.31. The number of aryl methyl sites for hydroxylation is 2. The molecule has 1 aromatic carbocycles. The van der Waals surface area contributed by atoms with Crippen molar-refractivity contribution >= 4 is 0 Å². The van der Waals surface area contributed by atoms with Crippen LogP contribution in [0.25, 0.3) is 5.69 Å². The summed E-state index contributed by atoms with van der Waals surface area (Å²) in [5.74, 6) is 2.54. The lowest BCUT2D eigenvalue weighted by Gasteiger charge is -2.33. The van der Waals surface area contributed by atoms with E-state index in [1.165, 1.54) is 42.4 Å². The highest BCUT2D eigenvalue weighted by Gasteiger charge is 2.33. The first-order chi connectivity index (χ1) is 13.6. The molecule has 28 heavy (non-hydrogen) atoms. The van der Waals surface area contributed by atoms with E-state index in [1.54, 1.807) is 0 Å². The van der Waals surface area contributed by atoms with E-state index in [2.05, 4.69) is 72.4 Å². The summed E-state index contributed by atoms with van der Waals surface area (Å²) in [6, 6.07) is 6.59. The van der Waals surface area contributed by atoms with Crippen molar-refractivity contribution in [2.24, 2.45) is 11.8 Å². The van der Waals surface area contributed by atoms with Crippen molar-refractivity contribution in [3.8, 4) is 5.69 Å². The second kappa shape index (κ2) is 8.16. The number of nitrogens with zero attached hydrogens (tertiary/aromatic N) is 5. The van der Waals surface area contributed by atoms with Gasteiger partial charge in [-0.05, 0) is 98.0 Å². The summed E-state index contributed by atoms with van der Waals surface area (Å²) in [4.78, 5) is 2.59. The summed E-state index contributed by atoms with van der Waals surface area (Å²) < 4.78 is 2.00. The molecule has 1 unspecified atom stereocenters. The van der Waals surface area contributed by atoms with E-state index in [0.717, 1.165) is 42.9 Å². The fourth-order valence-electron chi connectivity index (χ4n) is 4.96. The SMILES string of the molecule is Cc1cccc(C)c1-n1nnnc1C(C1=CC[C@@H](C(C)C)CC1)N1CCCC1. The van der Waals surface area contributed by atoms with E-state index in [-0.39, 0.29) is 6.04 Å². The molecule has 1 fully saturated rings. The predicted octanol–water partition coefficient (Wildman–Crippen LogP) is 4.80. The van der Waals surface area contributed by atoms with E-state index >= 15 is 0 Å². The highest BCUT2D eigenvalue weighted by molar-refractivity contribution is 5.47. The van der Waals surface area contributed by atoms with Crippen molar-refractivity contribution in [2.45, 2.75) is 65.8 Å². The van der Waals surface area contributed by atoms with Crippen LogP contribution in [-0.2, 0) is 0 Å². The number of hydrogen-bond acceptors (Lipinski definition) is 4. The monoisotopic (exact) mass is 379 g/mol. The van der Waals surface area contributed by atoms with Crippen LogP contribution in [0.4, 0.5) is 0 Å². The molecule has 2 aliphatic rings. The van der Waals surface area contributed by atoms with Gasteiger partial charge in [0.2, 0.25) is 0 Å². The van der Waals surface area contributed by atoms with Gasteiger partial charge in [-0.3, -0.25) is 4.90 Å². The molecule has 0 saturated carbocycles. The van der Waals surface area contributed by atoms with Crippen LogP contribution in [0.1, 0.15) is 68.9 Å². The van der Waals surface area contributed by atoms with Crippen LogP contribution in [-0.4, -0.2) is 38.2 Å². The Morgan fingerprint density at radius 3 is 2.39 bits per heavy atom. The third-order valence-corrected chi connectivity index (χ3v) is 6.68. The molecule has 1 aliphatic heterocycles. The van der Waals surface area contributed by atoms with Gasteiger partial charge < -0.3 is 0 Å². The van der Waals surface area contributed by atoms with E-state index in [0.29, 0.717) is 0 Å². The third kappa shape index (κ3) is 3.64. The molecule has 4 rings (SSSR count). The molecule has 1 aromatic heterocycles. The Morgan fingerprint density at radius 1 is 1.07 bits per heavy atom. The molecule has 0 spiro atoms. The van der Waals surface area contributed by atoms with E-state index in [9.17, 15) is 0 Å². The normalized spacial score (nSPS) is 21.9. The zero-order chi connectivity index (χ0) is 19.7. The maximum absolute atomic E-state index is 4.57. The van der Waals surface area contributed by atoms with E-state index < -0.39 is 0 Å². The van der Waals surface area contributed by atoms with Crippen LogP contribution in [0.15, 0.2) is 29.8 Å². The third-order valence-electron chi connectivity index (χ3n) is 6.68. The largest absolute Gasteiger partial charge is 0.290 e. The lowest BCUT2D eigenvalue weighted by molar-refractivity contribution is 0.247. The molecule has 150 valence electrons. The molecule has 0 amide bonds. The van der Waals surface area contributed by atoms with Crippen LogP contribution in [0.2, 0.25) is 0 Å². The molecule has 0 radical (unpaired) electrons. The molecule has 5 nitrogen and oxygen atoms in total. The summed E-state index contributed by atoms with van der Waals surface area (Å²) in [7, 11) is 0. The zero-order valence-corrected chi connectivity index (χ0v) is 17.7. The summed E-state index contributed by atoms with van der Waals surface area (Å²) in [6.45, 7) is 11.3. The van der Waals surface area contributed by atoms with Crippen LogP contribution in [0, 0.1) is 25.7 Å². The minimum atomic E-state index is 0.199. The van der Waals surface area contributed by atoms with Crippen LogP contribution in [0.3, 0.4) is 0 Å². The smallest absolute Gasteiger partial charge is 0.177 e. The van der Waals surface area contributed by atoms with E-state index in [4.69, 9.17) is 0 Å². The average molecular weight is 380 g/mol. The summed E-state index contributed by atoms with van der Waals surface area (Å²) in [6.07, 6.45) is 8.65. The highest BCUT2D eigenvalue weighted by atomic mass is 15.6. The van der Waals surface area contributed by atoms with Crippen molar-refractivity contribution < 1.29 is 0 Å². The molecule has 2 atom stereocenters. The number of tetrazole rings is 1. The van der Waals surface area contributed by atoms with Crippen LogP contribution in [0.5, 0.6) is 0 Å². The quantitative estimate of drug-likeness (QED) is 0.700. The van der Waals surface area contributed by atoms with Gasteiger partial charge in [-0.25, -0.2) is 0 Å². The van der Waals surface area contributed by atoms with Gasteiger partial charge in [-0.15, -0.1) is 5.10 Å². The first-order valence-corrected chi connectivity index (χ1v) is 10.8. The fraction of sp³-hybridized carbons (Fsp3) is 0.609. The number of rotatable bonds is 5. The topological polar surface area (TPSA) is 46.8 Å². The zero-order valence-electron chi connectivity index (χ0n) is 17.7. The van der Waals surface area contributed by atoms with Gasteiger partial charge in [0.15, 0.2) is 5.82 Å². The summed E-state index contributed by atoms with van der Waals surface area (Å²) >= 11 is 0. The second-order valence-corrected chi connectivity index (χ2v) is 8.89. The van der Waals surface area contributed by atoms with Crippen LogP contribution < -0.4 is 0 Å². The Morgan fingerprint density at radius 2 is 1.79 bits per heavy atom. The molecule has 0 bridgehead atoms. The predicted molar refractivity (Wildman–Crippen MR) is 112 cm³/mol. The van der Waals surface area contributed by atoms with Gasteiger partial charge in [-0.2, -0.15) is 4.68 Å². The lowest BCUT2D eigenvalue weighted by atomic mass is 9.80. The Bertz CT molecular complexity index is 824. The number of para-hydroxylation sites is 1. The average Bonchev–Trinajstić information content (AvgIpc) is 3.36. The first kappa shape index (κ1) is 19.3. The fourth-order valence-corrected chi connectivity index (χ4v) is 4.96. The number of allylic oxidation sites excluding steroid dienone is 1. The minimum Gasteiger partial charge on any atom is -0.290 e. The van der Waals surface area contributed by atoms with Crippen LogP contribution >= 0.6 is 0 Å². The standard InChI is InChI=1S/C23H33N5/c1-16(2)19-10-12-20(13-11-19)22(27-14-5-6-15-27)23-24-25-26-28(23)21-17(3)8-7-9-18(21)4/h7-9,12,16,19,22H,5-6,10-11,13-15H2,1-4H3/t19-,22?/m1/s1. The first-order valence-electron chi connectivity index (χ1n) is 10.8. The van der Waals surface area contributed by atoms with Gasteiger partial charge in [0.25, 0.3) is 0 Å². The summed E-state index contributed by atoms with van der Waals surface area (Å²) in [5.41, 5.74) is 5.07. The Hall–Kier alpha value is -2.01. The van der Waals surface area contributed by atoms with Crippen molar-refractivity contribution in [2.75, 3.05) is 13.1 Å². The molecule has 2 heterocycles. The molecule has 5 heteroatoms. The Balaban J connectivity index is 1.75. The Kier molecular flexibility index (Phi) is 5.63. The molecule has 0 N–H and O–H groups in total. The molecule has 1 saturated heterocycles. The van der Waals surface area contributed by atoms with Gasteiger partial charge in [0.1, 0.15) is 0 Å². The van der Waals surface area contributed by atoms with Gasteiger partial charge >= 0.3 is 0 Å². The summed E-state index contributed by atoms with van der Waals surface area (Å²) in [5, 5.41) is 13.1. The maximum Gasteiger partial charge on any atom is 0.177 e. The molecular formula is C23H33N5. The van der Waals surface area contributed by atoms with Crippen molar-refractivity contribution in [1.82, 2.24) is 25.1 Å². The minimum absolute atomic E-state index is 0.199. The van der Waals surface area contributed by atoms with Gasteiger partial charge in [0, 0.05) is 0 Å².